The third-order valence-corrected chi connectivity index (χ3v) is 17.6. The average Bonchev–Trinajstić information content (AvgIpc) is 3.74. The zero-order chi connectivity index (χ0) is 37.1. The van der Waals surface area contributed by atoms with Crippen molar-refractivity contribution < 1.29 is 0 Å². The summed E-state index contributed by atoms with van der Waals surface area (Å²) >= 11 is 0. The van der Waals surface area contributed by atoms with Crippen molar-refractivity contribution >= 4 is 67.2 Å². The number of aromatic nitrogens is 2. The molecule has 0 amide bonds. The van der Waals surface area contributed by atoms with Gasteiger partial charge in [0.25, 0.3) is 0 Å². The highest BCUT2D eigenvalue weighted by molar-refractivity contribution is 7.13. The standard InChI is InChI=1S/C52H42N2Si/c1-52(2,3)55(38-22-9-5-10-23-38,39-24-11-6-12-25-39)40-34-35-44-42-27-14-17-31-47(42)53(50(44)36-40)49-33-19-29-45-43-28-15-18-32-48(43)54(51(45)49)46-30-16-13-26-41(46)37-20-7-4-8-21-37/h4-36H,1-3H3. The molecule has 0 saturated heterocycles. The van der Waals surface area contributed by atoms with Crippen molar-refractivity contribution in [3.63, 3.8) is 0 Å². The third-order valence-electron chi connectivity index (χ3n) is 11.8. The first-order valence-electron chi connectivity index (χ1n) is 19.3. The Morgan fingerprint density at radius 1 is 0.364 bits per heavy atom. The zero-order valence-electron chi connectivity index (χ0n) is 31.4. The van der Waals surface area contributed by atoms with E-state index in [1.54, 1.807) is 0 Å². The molecule has 55 heavy (non-hydrogen) atoms. The highest BCUT2D eigenvalue weighted by atomic mass is 28.3. The van der Waals surface area contributed by atoms with Gasteiger partial charge in [-0.2, -0.15) is 0 Å². The van der Waals surface area contributed by atoms with Gasteiger partial charge in [-0.15, -0.1) is 0 Å². The Balaban J connectivity index is 1.35. The molecule has 0 fully saturated rings. The molecule has 0 N–H and O–H groups in total. The number of hydrogen-bond donors (Lipinski definition) is 0. The van der Waals surface area contributed by atoms with Gasteiger partial charge in [0.1, 0.15) is 0 Å². The summed E-state index contributed by atoms with van der Waals surface area (Å²) in [5.74, 6) is 0. The summed E-state index contributed by atoms with van der Waals surface area (Å²) in [6, 6.07) is 74.3. The summed E-state index contributed by atoms with van der Waals surface area (Å²) in [4.78, 5) is 0. The molecule has 0 unspecified atom stereocenters. The van der Waals surface area contributed by atoms with Crippen molar-refractivity contribution in [1.29, 1.82) is 0 Å². The number of hydrogen-bond acceptors (Lipinski definition) is 0. The summed E-state index contributed by atoms with van der Waals surface area (Å²) in [5, 5.41) is 9.24. The van der Waals surface area contributed by atoms with Crippen LogP contribution < -0.4 is 15.6 Å². The van der Waals surface area contributed by atoms with Crippen LogP contribution in [-0.4, -0.2) is 17.2 Å². The highest BCUT2D eigenvalue weighted by Crippen LogP contribution is 2.42. The van der Waals surface area contributed by atoms with E-state index in [4.69, 9.17) is 0 Å². The van der Waals surface area contributed by atoms with Crippen molar-refractivity contribution in [3.05, 3.63) is 200 Å². The monoisotopic (exact) mass is 722 g/mol. The number of benzene rings is 8. The van der Waals surface area contributed by atoms with Crippen molar-refractivity contribution in [2.45, 2.75) is 25.8 Å². The van der Waals surface area contributed by atoms with Crippen LogP contribution >= 0.6 is 0 Å². The Labute approximate surface area is 323 Å². The van der Waals surface area contributed by atoms with E-state index >= 15 is 0 Å². The summed E-state index contributed by atoms with van der Waals surface area (Å²) in [6.07, 6.45) is 0. The maximum Gasteiger partial charge on any atom is 0.153 e. The van der Waals surface area contributed by atoms with Crippen LogP contribution in [0, 0.1) is 0 Å². The molecule has 0 spiro atoms. The van der Waals surface area contributed by atoms with Crippen LogP contribution in [0.15, 0.2) is 200 Å². The molecule has 2 aromatic heterocycles. The van der Waals surface area contributed by atoms with Crippen molar-refractivity contribution in [1.82, 2.24) is 9.13 Å². The van der Waals surface area contributed by atoms with Gasteiger partial charge in [0.2, 0.25) is 0 Å². The fraction of sp³-hybridized carbons (Fsp3) is 0.0769. The summed E-state index contributed by atoms with van der Waals surface area (Å²) < 4.78 is 5.06. The maximum absolute atomic E-state index is 2.62. The van der Waals surface area contributed by atoms with Crippen molar-refractivity contribution in [2.75, 3.05) is 0 Å². The van der Waals surface area contributed by atoms with Crippen molar-refractivity contribution in [3.8, 4) is 22.5 Å². The van der Waals surface area contributed by atoms with Gasteiger partial charge < -0.3 is 9.13 Å². The molecule has 0 atom stereocenters. The molecule has 0 bridgehead atoms. The topological polar surface area (TPSA) is 9.86 Å². The molecule has 264 valence electrons. The number of para-hydroxylation sites is 4. The fourth-order valence-electron chi connectivity index (χ4n) is 9.60. The molecule has 2 heterocycles. The summed E-state index contributed by atoms with van der Waals surface area (Å²) in [6.45, 7) is 7.34. The van der Waals surface area contributed by atoms with Gasteiger partial charge in [-0.25, -0.2) is 0 Å². The minimum absolute atomic E-state index is 0.0339. The minimum Gasteiger partial charge on any atom is -0.307 e. The second kappa shape index (κ2) is 12.9. The molecule has 3 heteroatoms. The van der Waals surface area contributed by atoms with Crippen LogP contribution in [0.3, 0.4) is 0 Å². The zero-order valence-corrected chi connectivity index (χ0v) is 32.4. The average molecular weight is 723 g/mol. The lowest BCUT2D eigenvalue weighted by atomic mass is 10.0. The SMILES string of the molecule is CC(C)(C)[Si](c1ccccc1)(c1ccccc1)c1ccc2c3ccccc3n(-c3cccc4c5ccccc5n(-c5ccccc5-c5ccccc5)c34)c2c1. The van der Waals surface area contributed by atoms with E-state index in [9.17, 15) is 0 Å². The quantitative estimate of drug-likeness (QED) is 0.119. The van der Waals surface area contributed by atoms with E-state index in [0.717, 1.165) is 0 Å². The second-order valence-corrected chi connectivity index (χ2v) is 20.5. The van der Waals surface area contributed by atoms with Gasteiger partial charge in [0.15, 0.2) is 8.07 Å². The Morgan fingerprint density at radius 3 is 1.51 bits per heavy atom. The Kier molecular flexibility index (Phi) is 7.76. The largest absolute Gasteiger partial charge is 0.307 e. The maximum atomic E-state index is 2.55. The van der Waals surface area contributed by atoms with Crippen LogP contribution in [0.25, 0.3) is 66.1 Å². The molecule has 8 aromatic carbocycles. The minimum atomic E-state index is -2.62. The first-order chi connectivity index (χ1) is 27.0. The lowest BCUT2D eigenvalue weighted by molar-refractivity contribution is 0.739. The second-order valence-electron chi connectivity index (χ2n) is 15.7. The predicted molar refractivity (Wildman–Crippen MR) is 238 cm³/mol. The first-order valence-corrected chi connectivity index (χ1v) is 21.3. The molecule has 0 aliphatic carbocycles. The highest BCUT2D eigenvalue weighted by Gasteiger charge is 2.49. The Bertz CT molecular complexity index is 2960. The van der Waals surface area contributed by atoms with Gasteiger partial charge in [-0.3, -0.25) is 0 Å². The number of fused-ring (bicyclic) bond motifs is 6. The first kappa shape index (κ1) is 33.2. The van der Waals surface area contributed by atoms with E-state index in [2.05, 4.69) is 230 Å². The van der Waals surface area contributed by atoms with Gasteiger partial charge in [-0.05, 0) is 56.5 Å². The van der Waals surface area contributed by atoms with Crippen LogP contribution in [0.2, 0.25) is 5.04 Å². The fourth-order valence-corrected chi connectivity index (χ4v) is 15.3. The molecule has 0 saturated carbocycles. The van der Waals surface area contributed by atoms with E-state index < -0.39 is 8.07 Å². The molecule has 0 aliphatic rings. The molecular formula is C52H42N2Si. The predicted octanol–water partition coefficient (Wildman–Crippen LogP) is 11.8. The van der Waals surface area contributed by atoms with E-state index in [-0.39, 0.29) is 5.04 Å². The van der Waals surface area contributed by atoms with E-state index in [0.29, 0.717) is 0 Å². The van der Waals surface area contributed by atoms with Crippen LogP contribution in [0.5, 0.6) is 0 Å². The normalized spacial score (nSPS) is 12.3. The van der Waals surface area contributed by atoms with Crippen LogP contribution in [-0.2, 0) is 0 Å². The van der Waals surface area contributed by atoms with Crippen molar-refractivity contribution in [2.24, 2.45) is 0 Å². The molecule has 0 aliphatic heterocycles. The van der Waals surface area contributed by atoms with Gasteiger partial charge in [-0.1, -0.05) is 191 Å². The van der Waals surface area contributed by atoms with E-state index in [1.165, 1.54) is 81.7 Å². The summed E-state index contributed by atoms with van der Waals surface area (Å²) in [5.41, 5.74) is 9.58. The summed E-state index contributed by atoms with van der Waals surface area (Å²) in [7, 11) is -2.62. The molecule has 10 aromatic rings. The Morgan fingerprint density at radius 2 is 0.855 bits per heavy atom. The van der Waals surface area contributed by atoms with Gasteiger partial charge in [0, 0.05) is 27.1 Å². The van der Waals surface area contributed by atoms with Crippen LogP contribution in [0.1, 0.15) is 20.8 Å². The molecule has 0 radical (unpaired) electrons. The molecular weight excluding hydrogens is 681 g/mol. The Hall–Kier alpha value is -6.42. The molecule has 2 nitrogen and oxygen atoms in total. The van der Waals surface area contributed by atoms with Gasteiger partial charge >= 0.3 is 0 Å². The van der Waals surface area contributed by atoms with E-state index in [1.807, 2.05) is 0 Å². The number of rotatable bonds is 6. The lowest BCUT2D eigenvalue weighted by Crippen LogP contribution is -2.72. The van der Waals surface area contributed by atoms with Crippen LogP contribution in [0.4, 0.5) is 0 Å². The third kappa shape index (κ3) is 5.00. The smallest absolute Gasteiger partial charge is 0.153 e. The number of nitrogens with zero attached hydrogens (tertiary/aromatic N) is 2. The lowest BCUT2D eigenvalue weighted by Gasteiger charge is -2.44. The van der Waals surface area contributed by atoms with Gasteiger partial charge in [0.05, 0.1) is 33.4 Å². The molecule has 10 rings (SSSR count).